The van der Waals surface area contributed by atoms with E-state index in [1.165, 1.54) is 61.8 Å². The molecule has 0 N–H and O–H groups in total. The fourth-order valence-corrected chi connectivity index (χ4v) is 11.5. The van der Waals surface area contributed by atoms with E-state index in [1.807, 2.05) is 23.1 Å². The molecule has 220 valence electrons. The van der Waals surface area contributed by atoms with Gasteiger partial charge in [-0.25, -0.2) is 0 Å². The number of hydrogen-bond donors (Lipinski definition) is 0. The van der Waals surface area contributed by atoms with Gasteiger partial charge in [0.05, 0.1) is 0 Å². The van der Waals surface area contributed by atoms with E-state index in [1.54, 1.807) is 0 Å². The van der Waals surface area contributed by atoms with Crippen molar-refractivity contribution in [2.45, 2.75) is 19.3 Å². The van der Waals surface area contributed by atoms with Crippen LogP contribution in [0.5, 0.6) is 0 Å². The molecule has 0 atom stereocenters. The van der Waals surface area contributed by atoms with Gasteiger partial charge in [0.1, 0.15) is 0 Å². The second-order valence-corrected chi connectivity index (χ2v) is 17.3. The van der Waals surface area contributed by atoms with Gasteiger partial charge in [-0.3, -0.25) is 0 Å². The van der Waals surface area contributed by atoms with Crippen molar-refractivity contribution in [3.05, 3.63) is 175 Å². The van der Waals surface area contributed by atoms with E-state index in [0.717, 1.165) is 24.3 Å². The molecule has 5 heteroatoms. The molecule has 4 heterocycles. The van der Waals surface area contributed by atoms with Crippen LogP contribution >= 0.6 is 34.7 Å². The predicted octanol–water partition coefficient (Wildman–Crippen LogP) is 11.8. The zero-order valence-corrected chi connectivity index (χ0v) is 30.3. The Hall–Kier alpha value is -2.91. The monoisotopic (exact) mass is 769 g/mol. The maximum atomic E-state index is 7.12. The summed E-state index contributed by atoms with van der Waals surface area (Å²) in [6.45, 7) is 0. The number of benzene rings is 2. The van der Waals surface area contributed by atoms with Gasteiger partial charge in [0.25, 0.3) is 0 Å². The molecule has 0 saturated carbocycles. The standard InChI is InChI=1S/C40H30ClS2Se2/c41-40-32(20-18-28-24-34(30-10-3-1-4-11-30)42-36(26-28)38-16-8-22-44-38)14-7-15-33(40)21-19-29-25-35(31-12-5-2-6-13-31)43-37(27-29)39-17-9-23-45-39/h1-6,8-13,16-27H,7,14-15H2/q+1. The summed E-state index contributed by atoms with van der Waals surface area (Å²) in [5.74, 6) is 0. The van der Waals surface area contributed by atoms with E-state index in [2.05, 4.69) is 143 Å². The van der Waals surface area contributed by atoms with Gasteiger partial charge in [0, 0.05) is 0 Å². The van der Waals surface area contributed by atoms with Crippen LogP contribution in [0.25, 0.3) is 35.6 Å². The molecule has 2 aromatic carbocycles. The molecular formula is C40H30ClS2Se2+. The zero-order chi connectivity index (χ0) is 30.4. The molecule has 7 rings (SSSR count). The summed E-state index contributed by atoms with van der Waals surface area (Å²) in [5.41, 5.74) is 7.39. The molecule has 1 aliphatic heterocycles. The topological polar surface area (TPSA) is 0 Å². The zero-order valence-electron chi connectivity index (χ0n) is 24.5. The van der Waals surface area contributed by atoms with Crippen molar-refractivity contribution < 1.29 is 0 Å². The van der Waals surface area contributed by atoms with Gasteiger partial charge in [-0.1, -0.05) is 0 Å². The Morgan fingerprint density at radius 2 is 1.36 bits per heavy atom. The third-order valence-corrected chi connectivity index (χ3v) is 14.8. The number of thioether (sulfide) groups is 1. The molecule has 0 unspecified atom stereocenters. The van der Waals surface area contributed by atoms with Crippen LogP contribution in [0.2, 0.25) is 0 Å². The average Bonchev–Trinajstić information content (AvgIpc) is 3.84. The van der Waals surface area contributed by atoms with Gasteiger partial charge in [-0.05, 0) is 0 Å². The van der Waals surface area contributed by atoms with Crippen LogP contribution < -0.4 is 0 Å². The third kappa shape index (κ3) is 7.57. The second-order valence-electron chi connectivity index (χ2n) is 10.8. The first-order chi connectivity index (χ1) is 22.2. The average molecular weight is 768 g/mol. The molecule has 0 radical (unpaired) electrons. The first kappa shape index (κ1) is 30.7. The van der Waals surface area contributed by atoms with Crippen molar-refractivity contribution in [3.63, 3.8) is 0 Å². The van der Waals surface area contributed by atoms with Gasteiger partial charge in [0.2, 0.25) is 0 Å². The summed E-state index contributed by atoms with van der Waals surface area (Å²) < 4.78 is 2.88. The summed E-state index contributed by atoms with van der Waals surface area (Å²) in [4.78, 5) is 9.87. The van der Waals surface area contributed by atoms with Gasteiger partial charge >= 0.3 is 293 Å². The molecule has 45 heavy (non-hydrogen) atoms. The molecule has 2 aliphatic rings. The van der Waals surface area contributed by atoms with E-state index in [9.17, 15) is 0 Å². The Morgan fingerprint density at radius 1 is 0.667 bits per heavy atom. The first-order valence-electron chi connectivity index (χ1n) is 15.0. The van der Waals surface area contributed by atoms with Crippen LogP contribution in [0.3, 0.4) is 0 Å². The molecule has 0 spiro atoms. The van der Waals surface area contributed by atoms with Gasteiger partial charge in [-0.2, -0.15) is 0 Å². The molecule has 0 amide bonds. The molecule has 0 nitrogen and oxygen atoms in total. The van der Waals surface area contributed by atoms with Gasteiger partial charge < -0.3 is 0 Å². The summed E-state index contributed by atoms with van der Waals surface area (Å²) in [5, 5.41) is 0.898. The number of halogens is 1. The van der Waals surface area contributed by atoms with Gasteiger partial charge in [0.15, 0.2) is 0 Å². The molecule has 1 aliphatic carbocycles. The van der Waals surface area contributed by atoms with Crippen molar-refractivity contribution in [3.8, 4) is 19.8 Å². The van der Waals surface area contributed by atoms with Crippen molar-refractivity contribution in [2.24, 2.45) is 0 Å². The molecule has 5 aromatic rings. The van der Waals surface area contributed by atoms with E-state index >= 15 is 0 Å². The van der Waals surface area contributed by atoms with E-state index < -0.39 is 0 Å². The maximum absolute atomic E-state index is 7.12. The number of hydrogen-bond acceptors (Lipinski definition) is 1. The van der Waals surface area contributed by atoms with Crippen molar-refractivity contribution in [1.29, 1.82) is 0 Å². The summed E-state index contributed by atoms with van der Waals surface area (Å²) in [6, 6.07) is 35.0. The van der Waals surface area contributed by atoms with Crippen LogP contribution in [-0.4, -0.2) is 29.0 Å². The SMILES string of the molecule is ClC1=C(/C=C/c2cc(-c3ccccc3)[s+]c(-c3ccc[se]3)c2)CCC/C1=C\C=C1/C=C(c2ccccc2)SC(c2ccc[se]2)=C1. The van der Waals surface area contributed by atoms with Crippen molar-refractivity contribution in [1.82, 2.24) is 0 Å². The Morgan fingerprint density at radius 3 is 2.09 bits per heavy atom. The van der Waals surface area contributed by atoms with Gasteiger partial charge in [-0.15, -0.1) is 0 Å². The molecule has 0 fully saturated rings. The Balaban J connectivity index is 1.20. The van der Waals surface area contributed by atoms with Crippen LogP contribution in [-0.2, 0) is 0 Å². The summed E-state index contributed by atoms with van der Waals surface area (Å²) in [7, 11) is 0. The van der Waals surface area contributed by atoms with E-state index in [0.29, 0.717) is 29.0 Å². The van der Waals surface area contributed by atoms with Crippen LogP contribution in [0, 0.1) is 0 Å². The summed E-state index contributed by atoms with van der Waals surface area (Å²) in [6.07, 6.45) is 16.8. The number of rotatable bonds is 7. The minimum absolute atomic E-state index is 0.395. The van der Waals surface area contributed by atoms with Crippen LogP contribution in [0.4, 0.5) is 0 Å². The molecule has 0 bridgehead atoms. The minimum atomic E-state index is 0.395. The quantitative estimate of drug-likeness (QED) is 0.117. The Bertz CT molecular complexity index is 1980. The molecular weight excluding hydrogens is 738 g/mol. The molecule has 3 aromatic heterocycles. The van der Waals surface area contributed by atoms with Crippen molar-refractivity contribution in [2.75, 3.05) is 0 Å². The third-order valence-electron chi connectivity index (χ3n) is 7.69. The predicted molar refractivity (Wildman–Crippen MR) is 202 cm³/mol. The fourth-order valence-electron chi connectivity index (χ4n) is 5.41. The second kappa shape index (κ2) is 14.7. The number of allylic oxidation sites excluding steroid dienone is 9. The van der Waals surface area contributed by atoms with Crippen LogP contribution in [0.15, 0.2) is 159 Å². The Kier molecular flexibility index (Phi) is 10.0. The van der Waals surface area contributed by atoms with E-state index in [4.69, 9.17) is 11.6 Å². The van der Waals surface area contributed by atoms with E-state index in [-0.39, 0.29) is 0 Å². The van der Waals surface area contributed by atoms with Crippen molar-refractivity contribution >= 4 is 79.6 Å². The first-order valence-corrected chi connectivity index (χ1v) is 20.7. The Labute approximate surface area is 291 Å². The summed E-state index contributed by atoms with van der Waals surface area (Å²) >= 11 is 11.7. The normalized spacial score (nSPS) is 17.3. The molecule has 0 saturated heterocycles. The van der Waals surface area contributed by atoms with Crippen LogP contribution in [0.1, 0.15) is 34.8 Å². The fraction of sp³-hybridized carbons (Fsp3) is 0.0750.